The van der Waals surface area contributed by atoms with Crippen LogP contribution in [-0.4, -0.2) is 22.8 Å². The number of nitrogens with zero attached hydrogens (tertiary/aromatic N) is 1. The van der Waals surface area contributed by atoms with E-state index in [1.165, 1.54) is 0 Å². The summed E-state index contributed by atoms with van der Waals surface area (Å²) in [6.07, 6.45) is 12.4. The van der Waals surface area contributed by atoms with E-state index in [1.807, 2.05) is 30.4 Å². The molecule has 0 aromatic carbocycles. The van der Waals surface area contributed by atoms with Crippen LogP contribution in [-0.2, 0) is 19.2 Å². The fourth-order valence-corrected chi connectivity index (χ4v) is 2.37. The van der Waals surface area contributed by atoms with E-state index in [1.54, 1.807) is 6.08 Å². The molecular formula is C15H13NO4. The molecule has 0 unspecified atom stereocenters. The van der Waals surface area contributed by atoms with Gasteiger partial charge in [0.2, 0.25) is 0 Å². The van der Waals surface area contributed by atoms with Crippen molar-refractivity contribution in [2.75, 3.05) is 0 Å². The van der Waals surface area contributed by atoms with Crippen molar-refractivity contribution in [2.45, 2.75) is 19.3 Å². The number of allylic oxidation sites excluding steroid dienone is 7. The van der Waals surface area contributed by atoms with Crippen LogP contribution in [0.5, 0.6) is 0 Å². The van der Waals surface area contributed by atoms with E-state index in [9.17, 15) is 14.4 Å². The highest BCUT2D eigenvalue weighted by Gasteiger charge is 2.34. The average molecular weight is 271 g/mol. The van der Waals surface area contributed by atoms with Crippen molar-refractivity contribution in [2.24, 2.45) is 5.92 Å². The molecule has 5 heteroatoms. The van der Waals surface area contributed by atoms with E-state index in [0.29, 0.717) is 17.1 Å². The quantitative estimate of drug-likeness (QED) is 0.731. The lowest BCUT2D eigenvalue weighted by molar-refractivity contribution is -0.194. The van der Waals surface area contributed by atoms with Crippen molar-refractivity contribution < 1.29 is 19.2 Å². The van der Waals surface area contributed by atoms with E-state index < -0.39 is 17.8 Å². The van der Waals surface area contributed by atoms with Crippen molar-refractivity contribution >= 4 is 17.8 Å². The van der Waals surface area contributed by atoms with Crippen LogP contribution in [0.1, 0.15) is 19.3 Å². The Morgan fingerprint density at radius 2 is 1.80 bits per heavy atom. The van der Waals surface area contributed by atoms with Crippen molar-refractivity contribution in [3.63, 3.8) is 0 Å². The van der Waals surface area contributed by atoms with Gasteiger partial charge < -0.3 is 4.84 Å². The van der Waals surface area contributed by atoms with E-state index in [2.05, 4.69) is 0 Å². The van der Waals surface area contributed by atoms with Gasteiger partial charge in [-0.05, 0) is 18.1 Å². The lowest BCUT2D eigenvalue weighted by atomic mass is 10.0. The fourth-order valence-electron chi connectivity index (χ4n) is 2.37. The van der Waals surface area contributed by atoms with Gasteiger partial charge in [-0.25, -0.2) is 4.79 Å². The predicted molar refractivity (Wildman–Crippen MR) is 69.7 cm³/mol. The standard InChI is InChI=1S/C15H13NO4/c17-13-7-8-14(18)16(13)20-15(19)12-6-5-11(9-12)10-3-1-2-4-10/h1-5,9-10H,6-8H2. The molecule has 2 amide bonds. The second kappa shape index (κ2) is 4.92. The highest BCUT2D eigenvalue weighted by atomic mass is 16.7. The molecule has 0 bridgehead atoms. The monoisotopic (exact) mass is 271 g/mol. The summed E-state index contributed by atoms with van der Waals surface area (Å²) in [4.78, 5) is 39.6. The minimum atomic E-state index is -0.634. The molecular weight excluding hydrogens is 258 g/mol. The van der Waals surface area contributed by atoms with Crippen molar-refractivity contribution in [3.05, 3.63) is 47.6 Å². The van der Waals surface area contributed by atoms with Crippen LogP contribution >= 0.6 is 0 Å². The summed E-state index contributed by atoms with van der Waals surface area (Å²) in [6, 6.07) is 0. The number of carbonyl (C=O) groups is 3. The molecule has 0 aromatic rings. The Morgan fingerprint density at radius 1 is 1.15 bits per heavy atom. The van der Waals surface area contributed by atoms with Crippen LogP contribution in [0.2, 0.25) is 0 Å². The molecule has 3 aliphatic rings. The molecule has 3 rings (SSSR count). The SMILES string of the molecule is O=C(ON1C(=O)CCC1=O)C1=CC(C2C=CC=C2)=CC1. The van der Waals surface area contributed by atoms with Gasteiger partial charge in [0.25, 0.3) is 11.8 Å². The maximum atomic E-state index is 11.9. The maximum Gasteiger partial charge on any atom is 0.360 e. The summed E-state index contributed by atoms with van der Waals surface area (Å²) in [5.41, 5.74) is 1.49. The molecule has 0 saturated carbocycles. The molecule has 0 spiro atoms. The maximum absolute atomic E-state index is 11.9. The lowest BCUT2D eigenvalue weighted by Gasteiger charge is -2.12. The average Bonchev–Trinajstić information content (AvgIpc) is 3.14. The molecule has 5 nitrogen and oxygen atoms in total. The first-order chi connectivity index (χ1) is 9.65. The third kappa shape index (κ3) is 2.22. The summed E-state index contributed by atoms with van der Waals surface area (Å²) in [6.45, 7) is 0. The van der Waals surface area contributed by atoms with Gasteiger partial charge in [-0.3, -0.25) is 9.59 Å². The Bertz CT molecular complexity index is 581. The minimum Gasteiger partial charge on any atom is -0.325 e. The van der Waals surface area contributed by atoms with Crippen LogP contribution < -0.4 is 0 Å². The smallest absolute Gasteiger partial charge is 0.325 e. The Hall–Kier alpha value is -2.43. The van der Waals surface area contributed by atoms with Crippen LogP contribution in [0.15, 0.2) is 47.6 Å². The zero-order valence-electron chi connectivity index (χ0n) is 10.7. The van der Waals surface area contributed by atoms with Crippen molar-refractivity contribution in [3.8, 4) is 0 Å². The summed E-state index contributed by atoms with van der Waals surface area (Å²) in [7, 11) is 0. The number of amides is 2. The normalized spacial score (nSPS) is 21.7. The molecule has 1 fully saturated rings. The van der Waals surface area contributed by atoms with E-state index in [-0.39, 0.29) is 18.8 Å². The van der Waals surface area contributed by atoms with E-state index in [0.717, 1.165) is 5.57 Å². The molecule has 1 aliphatic heterocycles. The molecule has 1 heterocycles. The topological polar surface area (TPSA) is 63.7 Å². The minimum absolute atomic E-state index is 0.103. The number of rotatable bonds is 3. The van der Waals surface area contributed by atoms with Gasteiger partial charge in [0.05, 0.1) is 0 Å². The van der Waals surface area contributed by atoms with Crippen LogP contribution in [0, 0.1) is 5.92 Å². The molecule has 0 aromatic heterocycles. The first kappa shape index (κ1) is 12.6. The third-order valence-electron chi connectivity index (χ3n) is 3.47. The number of hydrogen-bond donors (Lipinski definition) is 0. The lowest BCUT2D eigenvalue weighted by Crippen LogP contribution is -2.32. The number of hydroxylamine groups is 2. The molecule has 102 valence electrons. The third-order valence-corrected chi connectivity index (χ3v) is 3.47. The van der Waals surface area contributed by atoms with Gasteiger partial charge in [0.15, 0.2) is 0 Å². The van der Waals surface area contributed by atoms with Crippen molar-refractivity contribution in [1.82, 2.24) is 5.06 Å². The molecule has 1 saturated heterocycles. The summed E-state index contributed by atoms with van der Waals surface area (Å²) in [5, 5.41) is 0.580. The second-order valence-electron chi connectivity index (χ2n) is 4.83. The first-order valence-electron chi connectivity index (χ1n) is 6.49. The van der Waals surface area contributed by atoms with Crippen LogP contribution in [0.3, 0.4) is 0 Å². The first-order valence-corrected chi connectivity index (χ1v) is 6.49. The Labute approximate surface area is 115 Å². The molecule has 0 atom stereocenters. The Morgan fingerprint density at radius 3 is 2.45 bits per heavy atom. The van der Waals surface area contributed by atoms with Crippen LogP contribution in [0.4, 0.5) is 0 Å². The largest absolute Gasteiger partial charge is 0.360 e. The number of hydrogen-bond acceptors (Lipinski definition) is 4. The Kier molecular flexibility index (Phi) is 3.10. The molecule has 0 N–H and O–H groups in total. The number of carbonyl (C=O) groups excluding carboxylic acids is 3. The highest BCUT2D eigenvalue weighted by Crippen LogP contribution is 2.28. The Balaban J connectivity index is 1.66. The fraction of sp³-hybridized carbons (Fsp3) is 0.267. The second-order valence-corrected chi connectivity index (χ2v) is 4.83. The van der Waals surface area contributed by atoms with Gasteiger partial charge in [-0.1, -0.05) is 30.4 Å². The van der Waals surface area contributed by atoms with Crippen LogP contribution in [0.25, 0.3) is 0 Å². The summed E-state index contributed by atoms with van der Waals surface area (Å²) >= 11 is 0. The summed E-state index contributed by atoms with van der Waals surface area (Å²) < 4.78 is 0. The molecule has 2 aliphatic carbocycles. The number of imide groups is 1. The zero-order chi connectivity index (χ0) is 14.1. The van der Waals surface area contributed by atoms with Gasteiger partial charge >= 0.3 is 5.97 Å². The van der Waals surface area contributed by atoms with E-state index in [4.69, 9.17) is 4.84 Å². The summed E-state index contributed by atoms with van der Waals surface area (Å²) in [5.74, 6) is -1.37. The van der Waals surface area contributed by atoms with Gasteiger partial charge in [-0.2, -0.15) is 0 Å². The zero-order valence-corrected chi connectivity index (χ0v) is 10.7. The van der Waals surface area contributed by atoms with Gasteiger partial charge in [0, 0.05) is 24.3 Å². The van der Waals surface area contributed by atoms with E-state index >= 15 is 0 Å². The predicted octanol–water partition coefficient (Wildman–Crippen LogP) is 1.59. The van der Waals surface area contributed by atoms with Gasteiger partial charge in [-0.15, -0.1) is 5.06 Å². The molecule has 0 radical (unpaired) electrons. The van der Waals surface area contributed by atoms with Crippen molar-refractivity contribution in [1.29, 1.82) is 0 Å². The highest BCUT2D eigenvalue weighted by molar-refractivity contribution is 6.02. The van der Waals surface area contributed by atoms with Gasteiger partial charge in [0.1, 0.15) is 0 Å². The molecule has 20 heavy (non-hydrogen) atoms.